The summed E-state index contributed by atoms with van der Waals surface area (Å²) in [6.45, 7) is 2.13. The van der Waals surface area contributed by atoms with Gasteiger partial charge in [0.2, 0.25) is 0 Å². The van der Waals surface area contributed by atoms with Crippen molar-refractivity contribution in [1.82, 2.24) is 9.78 Å². The van der Waals surface area contributed by atoms with Gasteiger partial charge in [0.15, 0.2) is 5.69 Å². The molecule has 0 aliphatic carbocycles. The van der Waals surface area contributed by atoms with Crippen LogP contribution in [0.5, 0.6) is 0 Å². The molecule has 1 aromatic heterocycles. The van der Waals surface area contributed by atoms with E-state index in [0.29, 0.717) is 5.56 Å². The van der Waals surface area contributed by atoms with Gasteiger partial charge in [-0.05, 0) is 42.7 Å². The molecule has 0 amide bonds. The second-order valence-corrected chi connectivity index (χ2v) is 7.78. The van der Waals surface area contributed by atoms with Gasteiger partial charge in [-0.1, -0.05) is 60.5 Å². The number of benzene rings is 2. The normalized spacial score (nSPS) is 11.0. The predicted octanol–water partition coefficient (Wildman–Crippen LogP) is 6.39. The molecule has 1 heterocycles. The second-order valence-electron chi connectivity index (χ2n) is 6.97. The van der Waals surface area contributed by atoms with Crippen molar-refractivity contribution in [3.63, 3.8) is 0 Å². The van der Waals surface area contributed by atoms with Gasteiger partial charge in [-0.15, -0.1) is 0 Å². The molecule has 0 unspecified atom stereocenters. The van der Waals surface area contributed by atoms with Gasteiger partial charge in [-0.2, -0.15) is 23.5 Å². The molecule has 9 heteroatoms. The number of aryl methyl sites for hydroxylation is 1. The van der Waals surface area contributed by atoms with Crippen LogP contribution >= 0.6 is 23.2 Å². The fourth-order valence-corrected chi connectivity index (χ4v) is 3.65. The molecule has 4 nitrogen and oxygen atoms in total. The first kappa shape index (κ1) is 23.5. The van der Waals surface area contributed by atoms with E-state index in [0.717, 1.165) is 36.1 Å². The summed E-state index contributed by atoms with van der Waals surface area (Å²) in [6.07, 6.45) is -1.44. The van der Waals surface area contributed by atoms with Gasteiger partial charge in [0.1, 0.15) is 23.1 Å². The highest BCUT2D eigenvalue weighted by Gasteiger charge is 2.32. The SMILES string of the molecule is CCCCc1ccc(C#Cc2c(C#N)nn(-c3c(Cl)cc(C(F)(F)F)cc3Cl)c2N)cc1. The Bertz CT molecular complexity index is 1220. The molecule has 32 heavy (non-hydrogen) atoms. The van der Waals surface area contributed by atoms with Gasteiger partial charge < -0.3 is 5.73 Å². The number of nitrogen functional groups attached to an aromatic ring is 1. The third kappa shape index (κ3) is 5.02. The molecule has 0 atom stereocenters. The fourth-order valence-electron chi connectivity index (χ4n) is 3.00. The highest BCUT2D eigenvalue weighted by molar-refractivity contribution is 6.38. The summed E-state index contributed by atoms with van der Waals surface area (Å²) < 4.78 is 40.0. The van der Waals surface area contributed by atoms with E-state index in [1.54, 1.807) is 0 Å². The van der Waals surface area contributed by atoms with Crippen LogP contribution in [0, 0.1) is 23.2 Å². The lowest BCUT2D eigenvalue weighted by molar-refractivity contribution is -0.137. The van der Waals surface area contributed by atoms with E-state index in [1.165, 1.54) is 5.56 Å². The van der Waals surface area contributed by atoms with Gasteiger partial charge in [-0.3, -0.25) is 0 Å². The highest BCUT2D eigenvalue weighted by Crippen LogP contribution is 2.38. The second kappa shape index (κ2) is 9.56. The molecular formula is C23H17Cl2F3N4. The smallest absolute Gasteiger partial charge is 0.383 e. The maximum absolute atomic E-state index is 13.0. The molecule has 164 valence electrons. The van der Waals surface area contributed by atoms with E-state index >= 15 is 0 Å². The Balaban J connectivity index is 2.01. The lowest BCUT2D eigenvalue weighted by Gasteiger charge is -2.13. The fraction of sp³-hybridized carbons (Fsp3) is 0.217. The van der Waals surface area contributed by atoms with Crippen molar-refractivity contribution in [2.45, 2.75) is 32.4 Å². The number of unbranched alkanes of at least 4 members (excludes halogenated alkanes) is 1. The van der Waals surface area contributed by atoms with Gasteiger partial charge in [-0.25, -0.2) is 4.68 Å². The maximum atomic E-state index is 13.0. The summed E-state index contributed by atoms with van der Waals surface area (Å²) in [5, 5.41) is 12.9. The summed E-state index contributed by atoms with van der Waals surface area (Å²) >= 11 is 12.1. The van der Waals surface area contributed by atoms with Crippen molar-refractivity contribution >= 4 is 29.0 Å². The van der Waals surface area contributed by atoms with Crippen LogP contribution in [0.3, 0.4) is 0 Å². The Morgan fingerprint density at radius 2 is 1.72 bits per heavy atom. The van der Waals surface area contributed by atoms with Gasteiger partial charge >= 0.3 is 6.18 Å². The molecule has 2 aromatic carbocycles. The van der Waals surface area contributed by atoms with Crippen molar-refractivity contribution in [3.8, 4) is 23.6 Å². The van der Waals surface area contributed by atoms with Crippen molar-refractivity contribution in [2.24, 2.45) is 0 Å². The molecule has 0 saturated carbocycles. The van der Waals surface area contributed by atoms with Crippen LogP contribution in [0.1, 0.15) is 47.7 Å². The minimum absolute atomic E-state index is 0.0582. The van der Waals surface area contributed by atoms with Crippen LogP contribution in [0.15, 0.2) is 36.4 Å². The van der Waals surface area contributed by atoms with Crippen molar-refractivity contribution in [2.75, 3.05) is 5.73 Å². The third-order valence-electron chi connectivity index (χ3n) is 4.69. The van der Waals surface area contributed by atoms with Crippen molar-refractivity contribution in [1.29, 1.82) is 5.26 Å². The molecule has 3 aromatic rings. The molecule has 0 aliphatic heterocycles. The number of nitriles is 1. The number of halogens is 5. The minimum Gasteiger partial charge on any atom is -0.383 e. The zero-order valence-electron chi connectivity index (χ0n) is 16.9. The average molecular weight is 477 g/mol. The Kier molecular flexibility index (Phi) is 7.03. The lowest BCUT2D eigenvalue weighted by Crippen LogP contribution is -2.08. The standard InChI is InChI=1S/C23H17Cl2F3N4/c1-2-3-4-14-5-7-15(8-6-14)9-10-17-20(13-29)31-32(22(17)30)21-18(24)11-16(12-19(21)25)23(26,27)28/h5-8,11-12H,2-4,30H2,1H3. The van der Waals surface area contributed by atoms with E-state index in [9.17, 15) is 18.4 Å². The summed E-state index contributed by atoms with van der Waals surface area (Å²) in [5.74, 6) is 5.70. The first-order valence-electron chi connectivity index (χ1n) is 9.61. The quantitative estimate of drug-likeness (QED) is 0.443. The monoisotopic (exact) mass is 476 g/mol. The molecule has 0 fully saturated rings. The van der Waals surface area contributed by atoms with E-state index in [4.69, 9.17) is 28.9 Å². The van der Waals surface area contributed by atoms with Gasteiger partial charge in [0.05, 0.1) is 15.6 Å². The maximum Gasteiger partial charge on any atom is 0.416 e. The van der Waals surface area contributed by atoms with E-state index < -0.39 is 11.7 Å². The number of hydrogen-bond acceptors (Lipinski definition) is 3. The Morgan fingerprint density at radius 1 is 1.09 bits per heavy atom. The first-order chi connectivity index (χ1) is 15.2. The van der Waals surface area contributed by atoms with Crippen molar-refractivity contribution in [3.05, 3.63) is 74.4 Å². The molecule has 0 radical (unpaired) electrons. The molecule has 2 N–H and O–H groups in total. The first-order valence-corrected chi connectivity index (χ1v) is 10.4. The lowest BCUT2D eigenvalue weighted by atomic mass is 10.1. The number of nitrogens with zero attached hydrogens (tertiary/aromatic N) is 3. The number of anilines is 1. The zero-order valence-corrected chi connectivity index (χ0v) is 18.4. The molecule has 0 bridgehead atoms. The zero-order chi connectivity index (χ0) is 23.5. The molecular weight excluding hydrogens is 460 g/mol. The molecule has 0 aliphatic rings. The minimum atomic E-state index is -4.62. The number of rotatable bonds is 4. The van der Waals surface area contributed by atoms with E-state index in [-0.39, 0.29) is 32.8 Å². The van der Waals surface area contributed by atoms with Gasteiger partial charge in [0, 0.05) is 5.56 Å². The number of alkyl halides is 3. The number of hydrogen-bond donors (Lipinski definition) is 1. The van der Waals surface area contributed by atoms with E-state index in [1.807, 2.05) is 30.3 Å². The molecule has 0 saturated heterocycles. The Morgan fingerprint density at radius 3 is 2.25 bits per heavy atom. The van der Waals surface area contributed by atoms with Crippen molar-refractivity contribution < 1.29 is 13.2 Å². The van der Waals surface area contributed by atoms with E-state index in [2.05, 4.69) is 23.9 Å². The molecule has 0 spiro atoms. The number of nitrogens with two attached hydrogens (primary N) is 1. The topological polar surface area (TPSA) is 67.6 Å². The Labute approximate surface area is 193 Å². The largest absolute Gasteiger partial charge is 0.416 e. The third-order valence-corrected chi connectivity index (χ3v) is 5.26. The van der Waals surface area contributed by atoms with Crippen LogP contribution < -0.4 is 5.73 Å². The van der Waals surface area contributed by atoms with Crippen LogP contribution in [-0.4, -0.2) is 9.78 Å². The summed E-state index contributed by atoms with van der Waals surface area (Å²) in [7, 11) is 0. The Hall–Kier alpha value is -3.13. The highest BCUT2D eigenvalue weighted by atomic mass is 35.5. The summed E-state index contributed by atoms with van der Waals surface area (Å²) in [5.41, 5.74) is 7.00. The number of aromatic nitrogens is 2. The summed E-state index contributed by atoms with van der Waals surface area (Å²) in [4.78, 5) is 0. The average Bonchev–Trinajstić information content (AvgIpc) is 3.05. The van der Waals surface area contributed by atoms with Crippen LogP contribution in [0.25, 0.3) is 5.69 Å². The predicted molar refractivity (Wildman–Crippen MR) is 119 cm³/mol. The van der Waals surface area contributed by atoms with Crippen LogP contribution in [0.4, 0.5) is 19.0 Å². The summed E-state index contributed by atoms with van der Waals surface area (Å²) in [6, 6.07) is 11.0. The van der Waals surface area contributed by atoms with Crippen LogP contribution in [-0.2, 0) is 12.6 Å². The van der Waals surface area contributed by atoms with Crippen LogP contribution in [0.2, 0.25) is 10.0 Å². The van der Waals surface area contributed by atoms with Gasteiger partial charge in [0.25, 0.3) is 0 Å². The molecule has 3 rings (SSSR count).